The highest BCUT2D eigenvalue weighted by Gasteiger charge is 2.43. The largest absolute Gasteiger partial charge is 0.338 e. The lowest BCUT2D eigenvalue weighted by atomic mass is 9.73. The number of fused-ring (bicyclic) bond motifs is 2. The third-order valence-electron chi connectivity index (χ3n) is 8.38. The van der Waals surface area contributed by atoms with E-state index in [1.165, 1.54) is 6.07 Å². The van der Waals surface area contributed by atoms with Crippen LogP contribution in [0.25, 0.3) is 11.1 Å². The molecule has 7 nitrogen and oxygen atoms in total. The standard InChI is InChI=1S/C30H36ClFN4O3/c1-30(2,3)23(14-18-8-10-33-11-9-18)29(39)35-12-13-36-26(17-35)27(37)34-25-7-4-19(15-22(25)28(36)38)21-6-5-20(31)16-24(21)32/h4-7,15-16,18,23,26,33H,8-14,17H2,1-3H3,(H,34,37)/t23-,26-/m1/s1. The average molecular weight is 555 g/mol. The summed E-state index contributed by atoms with van der Waals surface area (Å²) in [6.07, 6.45) is 2.95. The number of benzene rings is 2. The van der Waals surface area contributed by atoms with Crippen LogP contribution in [-0.2, 0) is 9.59 Å². The number of amides is 3. The lowest BCUT2D eigenvalue weighted by Crippen LogP contribution is -2.60. The first-order valence-electron chi connectivity index (χ1n) is 13.7. The van der Waals surface area contributed by atoms with Crippen LogP contribution in [0.1, 0.15) is 50.4 Å². The SMILES string of the molecule is CC(C)(C)[C@H](CC1CCNCC1)C(=O)N1CCN2C(=O)c3cc(-c4ccc(Cl)cc4F)ccc3NC(=O)[C@H]2C1. The first-order valence-corrected chi connectivity index (χ1v) is 14.1. The minimum Gasteiger partial charge on any atom is -0.338 e. The minimum atomic E-state index is -0.794. The van der Waals surface area contributed by atoms with E-state index in [-0.39, 0.29) is 47.2 Å². The molecule has 39 heavy (non-hydrogen) atoms. The fourth-order valence-corrected chi connectivity index (χ4v) is 6.20. The molecule has 2 atom stereocenters. The maximum atomic E-state index is 14.6. The van der Waals surface area contributed by atoms with Crippen LogP contribution in [0.2, 0.25) is 5.02 Å². The molecule has 0 aromatic heterocycles. The molecule has 2 fully saturated rings. The van der Waals surface area contributed by atoms with Gasteiger partial charge in [-0.05, 0) is 79.6 Å². The highest BCUT2D eigenvalue weighted by molar-refractivity contribution is 6.30. The Bertz CT molecular complexity index is 1290. The molecule has 3 heterocycles. The number of hydrogen-bond donors (Lipinski definition) is 2. The van der Waals surface area contributed by atoms with Gasteiger partial charge in [0.15, 0.2) is 0 Å². The van der Waals surface area contributed by atoms with Gasteiger partial charge in [-0.1, -0.05) is 38.4 Å². The second kappa shape index (κ2) is 10.9. The fraction of sp³-hybridized carbons (Fsp3) is 0.500. The van der Waals surface area contributed by atoms with E-state index < -0.39 is 11.9 Å². The van der Waals surface area contributed by atoms with Gasteiger partial charge in [0.05, 0.1) is 17.8 Å². The number of halogens is 2. The molecule has 2 aromatic carbocycles. The van der Waals surface area contributed by atoms with Crippen LogP contribution in [0.3, 0.4) is 0 Å². The van der Waals surface area contributed by atoms with E-state index in [0.29, 0.717) is 34.8 Å². The maximum Gasteiger partial charge on any atom is 0.256 e. The first kappa shape index (κ1) is 27.6. The zero-order valence-electron chi connectivity index (χ0n) is 22.7. The zero-order chi connectivity index (χ0) is 27.9. The maximum absolute atomic E-state index is 14.6. The summed E-state index contributed by atoms with van der Waals surface area (Å²) in [5.74, 6) is -0.726. The van der Waals surface area contributed by atoms with E-state index in [0.717, 1.165) is 32.4 Å². The summed E-state index contributed by atoms with van der Waals surface area (Å²) in [6, 6.07) is 8.52. The quantitative estimate of drug-likeness (QED) is 0.569. The number of nitrogens with zero attached hydrogens (tertiary/aromatic N) is 2. The predicted molar refractivity (Wildman–Crippen MR) is 150 cm³/mol. The van der Waals surface area contributed by atoms with Crippen molar-refractivity contribution in [3.8, 4) is 11.1 Å². The molecule has 9 heteroatoms. The number of carbonyl (C=O) groups is 3. The minimum absolute atomic E-state index is 0.0585. The zero-order valence-corrected chi connectivity index (χ0v) is 23.5. The van der Waals surface area contributed by atoms with Gasteiger partial charge in [-0.3, -0.25) is 14.4 Å². The fourth-order valence-electron chi connectivity index (χ4n) is 6.04. The Morgan fingerprint density at radius 3 is 2.51 bits per heavy atom. The van der Waals surface area contributed by atoms with Crippen LogP contribution >= 0.6 is 11.6 Å². The van der Waals surface area contributed by atoms with Crippen molar-refractivity contribution in [2.24, 2.45) is 17.3 Å². The van der Waals surface area contributed by atoms with Crippen LogP contribution in [-0.4, -0.2) is 66.3 Å². The summed E-state index contributed by atoms with van der Waals surface area (Å²) in [4.78, 5) is 44.2. The number of rotatable bonds is 4. The Morgan fingerprint density at radius 2 is 1.82 bits per heavy atom. The van der Waals surface area contributed by atoms with Gasteiger partial charge in [0.25, 0.3) is 5.91 Å². The van der Waals surface area contributed by atoms with Gasteiger partial charge >= 0.3 is 0 Å². The molecule has 0 radical (unpaired) electrons. The van der Waals surface area contributed by atoms with Crippen LogP contribution in [0.15, 0.2) is 36.4 Å². The van der Waals surface area contributed by atoms with E-state index in [1.807, 2.05) is 0 Å². The molecule has 0 aliphatic carbocycles. The summed E-state index contributed by atoms with van der Waals surface area (Å²) < 4.78 is 14.6. The highest BCUT2D eigenvalue weighted by Crippen LogP contribution is 2.37. The van der Waals surface area contributed by atoms with E-state index >= 15 is 0 Å². The number of piperazine rings is 1. The topological polar surface area (TPSA) is 81.8 Å². The van der Waals surface area contributed by atoms with Crippen molar-refractivity contribution in [3.05, 3.63) is 52.8 Å². The third kappa shape index (κ3) is 5.68. The van der Waals surface area contributed by atoms with Gasteiger partial charge in [0, 0.05) is 29.6 Å². The van der Waals surface area contributed by atoms with Gasteiger partial charge in [-0.2, -0.15) is 0 Å². The summed E-state index contributed by atoms with van der Waals surface area (Å²) >= 11 is 5.91. The Kier molecular flexibility index (Phi) is 7.71. The number of nitrogens with one attached hydrogen (secondary N) is 2. The summed E-state index contributed by atoms with van der Waals surface area (Å²) in [5, 5.41) is 6.55. The van der Waals surface area contributed by atoms with Gasteiger partial charge in [0.1, 0.15) is 11.9 Å². The molecular weight excluding hydrogens is 519 g/mol. The normalized spacial score (nSPS) is 21.1. The van der Waals surface area contributed by atoms with E-state index in [1.54, 1.807) is 40.1 Å². The van der Waals surface area contributed by atoms with Crippen molar-refractivity contribution in [2.75, 3.05) is 38.0 Å². The monoisotopic (exact) mass is 554 g/mol. The highest BCUT2D eigenvalue weighted by atomic mass is 35.5. The number of anilines is 1. The summed E-state index contributed by atoms with van der Waals surface area (Å²) in [5.41, 5.74) is 1.30. The molecular formula is C30H36ClFN4O3. The lowest BCUT2D eigenvalue weighted by Gasteiger charge is -2.43. The lowest BCUT2D eigenvalue weighted by molar-refractivity contribution is -0.143. The molecule has 0 saturated carbocycles. The van der Waals surface area contributed by atoms with E-state index in [9.17, 15) is 18.8 Å². The van der Waals surface area contributed by atoms with Gasteiger partial charge in [-0.25, -0.2) is 4.39 Å². The van der Waals surface area contributed by atoms with Crippen LogP contribution in [0.4, 0.5) is 10.1 Å². The molecule has 3 aliphatic rings. The second-order valence-corrected chi connectivity index (χ2v) is 12.5. The molecule has 2 saturated heterocycles. The Labute approximate surface area is 234 Å². The van der Waals surface area contributed by atoms with Gasteiger partial charge in [0.2, 0.25) is 11.8 Å². The molecule has 0 spiro atoms. The van der Waals surface area contributed by atoms with Crippen molar-refractivity contribution < 1.29 is 18.8 Å². The van der Waals surface area contributed by atoms with Crippen molar-refractivity contribution in [1.82, 2.24) is 15.1 Å². The molecule has 3 amide bonds. The van der Waals surface area contributed by atoms with Crippen LogP contribution in [0, 0.1) is 23.1 Å². The van der Waals surface area contributed by atoms with Crippen molar-refractivity contribution in [3.63, 3.8) is 0 Å². The predicted octanol–water partition coefficient (Wildman–Crippen LogP) is 4.80. The number of hydrogen-bond acceptors (Lipinski definition) is 4. The van der Waals surface area contributed by atoms with Gasteiger partial charge in [-0.15, -0.1) is 0 Å². The first-order chi connectivity index (χ1) is 18.5. The summed E-state index contributed by atoms with van der Waals surface area (Å²) in [6.45, 7) is 9.05. The summed E-state index contributed by atoms with van der Waals surface area (Å²) in [7, 11) is 0. The molecule has 3 aliphatic heterocycles. The Balaban J connectivity index is 1.37. The Morgan fingerprint density at radius 1 is 1.08 bits per heavy atom. The van der Waals surface area contributed by atoms with Crippen molar-refractivity contribution >= 4 is 35.0 Å². The molecule has 208 valence electrons. The number of carbonyl (C=O) groups excluding carboxylic acids is 3. The molecule has 0 unspecified atom stereocenters. The number of piperidine rings is 1. The van der Waals surface area contributed by atoms with Crippen molar-refractivity contribution in [1.29, 1.82) is 0 Å². The van der Waals surface area contributed by atoms with Gasteiger partial charge < -0.3 is 20.4 Å². The average Bonchev–Trinajstić information content (AvgIpc) is 3.00. The smallest absolute Gasteiger partial charge is 0.256 e. The Hall–Kier alpha value is -2.97. The van der Waals surface area contributed by atoms with E-state index in [4.69, 9.17) is 11.6 Å². The van der Waals surface area contributed by atoms with E-state index in [2.05, 4.69) is 31.4 Å². The van der Waals surface area contributed by atoms with Crippen LogP contribution < -0.4 is 10.6 Å². The molecule has 0 bridgehead atoms. The molecule has 5 rings (SSSR count). The van der Waals surface area contributed by atoms with Crippen molar-refractivity contribution in [2.45, 2.75) is 46.1 Å². The third-order valence-corrected chi connectivity index (χ3v) is 8.61. The molecule has 2 N–H and O–H groups in total. The molecule has 2 aromatic rings. The van der Waals surface area contributed by atoms with Crippen LogP contribution in [0.5, 0.6) is 0 Å². The second-order valence-electron chi connectivity index (χ2n) is 12.0.